The van der Waals surface area contributed by atoms with E-state index in [1.165, 1.54) is 12.7 Å². The Kier molecular flexibility index (Phi) is 4.48. The molecule has 0 unspecified atom stereocenters. The fourth-order valence-corrected chi connectivity index (χ4v) is 3.35. The number of halogens is 1. The Labute approximate surface area is 177 Å². The van der Waals surface area contributed by atoms with E-state index in [-0.39, 0.29) is 0 Å². The van der Waals surface area contributed by atoms with Crippen LogP contribution in [0, 0.1) is 3.70 Å². The number of pyridine rings is 2. The van der Waals surface area contributed by atoms with Gasteiger partial charge in [-0.25, -0.2) is 29.3 Å². The molecule has 0 aliphatic carbocycles. The van der Waals surface area contributed by atoms with Crippen molar-refractivity contribution in [3.63, 3.8) is 0 Å². The molecule has 6 rings (SSSR count). The Bertz CT molecular complexity index is 1360. The summed E-state index contributed by atoms with van der Waals surface area (Å²) in [6.07, 6.45) is 15.8. The number of hydrogen-bond donors (Lipinski definition) is 0. The van der Waals surface area contributed by atoms with Gasteiger partial charge in [-0.3, -0.25) is 4.40 Å². The van der Waals surface area contributed by atoms with Gasteiger partial charge in [0.25, 0.3) is 0 Å². The van der Waals surface area contributed by atoms with E-state index in [1.807, 2.05) is 57.9 Å². The second kappa shape index (κ2) is 7.43. The minimum Gasteiger partial charge on any atom is -0.307 e. The summed E-state index contributed by atoms with van der Waals surface area (Å²) >= 11 is 2.24. The third-order valence-electron chi connectivity index (χ3n) is 4.20. The normalized spacial score (nSPS) is 10.9. The summed E-state index contributed by atoms with van der Waals surface area (Å²) in [5, 5.41) is 8.11. The molecule has 11 heteroatoms. The maximum atomic E-state index is 4.28. The van der Waals surface area contributed by atoms with Crippen molar-refractivity contribution in [2.75, 3.05) is 0 Å². The van der Waals surface area contributed by atoms with Crippen molar-refractivity contribution < 1.29 is 0 Å². The monoisotopic (exact) mass is 496 g/mol. The first-order valence-electron chi connectivity index (χ1n) is 8.53. The Morgan fingerprint density at radius 3 is 2.14 bits per heavy atom. The van der Waals surface area contributed by atoms with Gasteiger partial charge in [-0.1, -0.05) is 0 Å². The van der Waals surface area contributed by atoms with Crippen LogP contribution >= 0.6 is 22.6 Å². The van der Waals surface area contributed by atoms with Crippen molar-refractivity contribution in [3.05, 3.63) is 84.3 Å². The van der Waals surface area contributed by atoms with Crippen LogP contribution in [-0.2, 0) is 0 Å². The molecule has 6 aromatic rings. The van der Waals surface area contributed by atoms with Gasteiger partial charge in [0, 0.05) is 36.9 Å². The van der Waals surface area contributed by atoms with Gasteiger partial charge < -0.3 is 4.40 Å². The molecule has 29 heavy (non-hydrogen) atoms. The SMILES string of the molecule is Ic1cnc2cc(-n3cncn3)ccn12.c1cn2ccc(-n3cncn3)cc2n1. The molecule has 0 amide bonds. The molecular weight excluding hydrogens is 483 g/mol. The van der Waals surface area contributed by atoms with Crippen molar-refractivity contribution in [3.8, 4) is 11.4 Å². The molecule has 6 heterocycles. The fourth-order valence-electron chi connectivity index (χ4n) is 2.81. The molecule has 0 radical (unpaired) electrons. The van der Waals surface area contributed by atoms with Crippen molar-refractivity contribution >= 4 is 33.9 Å². The van der Waals surface area contributed by atoms with E-state index >= 15 is 0 Å². The molecule has 10 nitrogen and oxygen atoms in total. The highest BCUT2D eigenvalue weighted by Crippen LogP contribution is 2.13. The molecule has 6 aromatic heterocycles. The van der Waals surface area contributed by atoms with Crippen molar-refractivity contribution in [1.29, 1.82) is 0 Å². The predicted molar refractivity (Wildman–Crippen MR) is 113 cm³/mol. The summed E-state index contributed by atoms with van der Waals surface area (Å²) in [5.41, 5.74) is 3.73. The molecule has 0 saturated heterocycles. The maximum Gasteiger partial charge on any atom is 0.139 e. The number of rotatable bonds is 2. The highest BCUT2D eigenvalue weighted by Gasteiger charge is 2.02. The van der Waals surface area contributed by atoms with Gasteiger partial charge in [-0.2, -0.15) is 10.2 Å². The van der Waals surface area contributed by atoms with Crippen molar-refractivity contribution in [2.24, 2.45) is 0 Å². The number of imidazole rings is 2. The molecular formula is C18H13IN10. The minimum absolute atomic E-state index is 0.901. The van der Waals surface area contributed by atoms with Gasteiger partial charge in [-0.05, 0) is 34.7 Å². The van der Waals surface area contributed by atoms with E-state index in [9.17, 15) is 0 Å². The van der Waals surface area contributed by atoms with Crippen LogP contribution in [0.4, 0.5) is 0 Å². The van der Waals surface area contributed by atoms with Crippen molar-refractivity contribution in [2.45, 2.75) is 0 Å². The molecule has 0 aliphatic heterocycles. The fraction of sp³-hybridized carbons (Fsp3) is 0. The molecule has 0 N–H and O–H groups in total. The number of aromatic nitrogens is 10. The molecule has 142 valence electrons. The first kappa shape index (κ1) is 17.5. The standard InChI is InChI=1S/C9H6IN5.C9H7N5/c10-8-4-12-9-3-7(1-2-14(8)9)15-6-11-5-13-15;1-3-13-4-2-11-9(13)5-8(1)14-7-10-6-12-14/h1-6H;1-7H. The van der Waals surface area contributed by atoms with E-state index in [0.717, 1.165) is 26.4 Å². The molecule has 0 atom stereocenters. The third kappa shape index (κ3) is 3.47. The smallest absolute Gasteiger partial charge is 0.139 e. The first-order valence-corrected chi connectivity index (χ1v) is 9.61. The third-order valence-corrected chi connectivity index (χ3v) is 5.00. The first-order chi connectivity index (χ1) is 14.3. The summed E-state index contributed by atoms with van der Waals surface area (Å²) in [5.74, 6) is 0. The Balaban J connectivity index is 0.000000125. The second-order valence-corrected chi connectivity index (χ2v) is 7.06. The minimum atomic E-state index is 0.901. The van der Waals surface area contributed by atoms with Crippen LogP contribution in [0.5, 0.6) is 0 Å². The van der Waals surface area contributed by atoms with Gasteiger partial charge in [0.2, 0.25) is 0 Å². The van der Waals surface area contributed by atoms with E-state index in [0.29, 0.717) is 0 Å². The lowest BCUT2D eigenvalue weighted by molar-refractivity contribution is 0.875. The van der Waals surface area contributed by atoms with E-state index in [4.69, 9.17) is 0 Å². The van der Waals surface area contributed by atoms with Crippen LogP contribution in [0.25, 0.3) is 22.7 Å². The molecule has 0 saturated carbocycles. The van der Waals surface area contributed by atoms with Gasteiger partial charge in [0.15, 0.2) is 0 Å². The van der Waals surface area contributed by atoms with Crippen LogP contribution in [0.15, 0.2) is 80.6 Å². The van der Waals surface area contributed by atoms with E-state index in [1.54, 1.807) is 28.2 Å². The summed E-state index contributed by atoms with van der Waals surface area (Å²) < 4.78 is 8.46. The van der Waals surface area contributed by atoms with Crippen LogP contribution in [0.1, 0.15) is 0 Å². The van der Waals surface area contributed by atoms with Gasteiger partial charge >= 0.3 is 0 Å². The zero-order chi connectivity index (χ0) is 19.6. The number of fused-ring (bicyclic) bond motifs is 2. The summed E-state index contributed by atoms with van der Waals surface area (Å²) in [6.45, 7) is 0. The highest BCUT2D eigenvalue weighted by atomic mass is 127. The summed E-state index contributed by atoms with van der Waals surface area (Å²) in [6, 6.07) is 7.86. The van der Waals surface area contributed by atoms with Crippen LogP contribution < -0.4 is 0 Å². The van der Waals surface area contributed by atoms with Crippen LogP contribution in [0.3, 0.4) is 0 Å². The average Bonchev–Trinajstić information content (AvgIpc) is 3.55. The maximum absolute atomic E-state index is 4.28. The van der Waals surface area contributed by atoms with E-state index < -0.39 is 0 Å². The Morgan fingerprint density at radius 2 is 1.45 bits per heavy atom. The molecule has 0 aromatic carbocycles. The highest BCUT2D eigenvalue weighted by molar-refractivity contribution is 14.1. The van der Waals surface area contributed by atoms with Crippen LogP contribution in [-0.4, -0.2) is 48.3 Å². The summed E-state index contributed by atoms with van der Waals surface area (Å²) in [4.78, 5) is 16.3. The van der Waals surface area contributed by atoms with Gasteiger partial charge in [-0.15, -0.1) is 0 Å². The van der Waals surface area contributed by atoms with E-state index in [2.05, 4.69) is 52.7 Å². The zero-order valence-corrected chi connectivity index (χ0v) is 17.0. The largest absolute Gasteiger partial charge is 0.307 e. The lowest BCUT2D eigenvalue weighted by atomic mass is 10.4. The average molecular weight is 496 g/mol. The van der Waals surface area contributed by atoms with Gasteiger partial charge in [0.1, 0.15) is 40.3 Å². The quantitative estimate of drug-likeness (QED) is 0.342. The number of nitrogens with zero attached hydrogens (tertiary/aromatic N) is 10. The summed E-state index contributed by atoms with van der Waals surface area (Å²) in [7, 11) is 0. The Morgan fingerprint density at radius 1 is 0.759 bits per heavy atom. The van der Waals surface area contributed by atoms with Gasteiger partial charge in [0.05, 0.1) is 17.6 Å². The lowest BCUT2D eigenvalue weighted by Gasteiger charge is -2.00. The van der Waals surface area contributed by atoms with Crippen LogP contribution in [0.2, 0.25) is 0 Å². The van der Waals surface area contributed by atoms with Crippen molar-refractivity contribution in [1.82, 2.24) is 48.3 Å². The molecule has 0 bridgehead atoms. The zero-order valence-electron chi connectivity index (χ0n) is 14.9. The molecule has 0 spiro atoms. The Hall–Kier alpha value is -3.61. The lowest BCUT2D eigenvalue weighted by Crippen LogP contribution is -1.96. The number of hydrogen-bond acceptors (Lipinski definition) is 6. The second-order valence-electron chi connectivity index (χ2n) is 5.95. The molecule has 0 fully saturated rings. The predicted octanol–water partition coefficient (Wildman–Crippen LogP) is 2.43. The topological polar surface area (TPSA) is 96.0 Å². The molecule has 0 aliphatic rings.